The van der Waals surface area contributed by atoms with Gasteiger partial charge in [-0.2, -0.15) is 4.31 Å². The summed E-state index contributed by atoms with van der Waals surface area (Å²) in [7, 11) is 3.96. The molecule has 160 valence electrons. The van der Waals surface area contributed by atoms with Crippen LogP contribution in [0.2, 0.25) is 0 Å². The van der Waals surface area contributed by atoms with Crippen LogP contribution in [-0.2, 0) is 16.6 Å². The van der Waals surface area contributed by atoms with Gasteiger partial charge in [0.25, 0.3) is 0 Å². The molecule has 7 nitrogen and oxygen atoms in total. The van der Waals surface area contributed by atoms with E-state index < -0.39 is 10.0 Å². The maximum Gasteiger partial charge on any atom is 0.243 e. The van der Waals surface area contributed by atoms with Crippen molar-refractivity contribution >= 4 is 10.0 Å². The molecule has 0 radical (unpaired) electrons. The molecular weight excluding hydrogens is 394 g/mol. The number of sulfonamides is 1. The Kier molecular flexibility index (Phi) is 7.02. The number of benzene rings is 2. The molecule has 0 aliphatic rings. The van der Waals surface area contributed by atoms with E-state index in [0.717, 1.165) is 5.56 Å². The standard InChI is InChI=1S/C21H29NO6S/c1-13-9-17(25-5)14(2)15(3)21(13)29(23,24)22(4)12-16-10-18(26-6)20(28-8)19(11-16)27-7/h9-11H,12H2,1-8H3. The summed E-state index contributed by atoms with van der Waals surface area (Å²) in [6.45, 7) is 5.56. The molecule has 2 aromatic rings. The highest BCUT2D eigenvalue weighted by Crippen LogP contribution is 2.39. The van der Waals surface area contributed by atoms with Crippen LogP contribution in [0.15, 0.2) is 23.1 Å². The zero-order chi connectivity index (χ0) is 21.9. The van der Waals surface area contributed by atoms with Gasteiger partial charge in [-0.15, -0.1) is 0 Å². The number of methoxy groups -OCH3 is 4. The van der Waals surface area contributed by atoms with Gasteiger partial charge in [0.2, 0.25) is 15.8 Å². The number of nitrogens with zero attached hydrogens (tertiary/aromatic N) is 1. The molecule has 0 aromatic heterocycles. The number of hydrogen-bond acceptors (Lipinski definition) is 6. The molecule has 0 saturated heterocycles. The maximum absolute atomic E-state index is 13.4. The molecule has 8 heteroatoms. The highest BCUT2D eigenvalue weighted by Gasteiger charge is 2.27. The largest absolute Gasteiger partial charge is 0.496 e. The summed E-state index contributed by atoms with van der Waals surface area (Å²) in [5, 5.41) is 0. The minimum absolute atomic E-state index is 0.142. The van der Waals surface area contributed by atoms with Crippen molar-refractivity contribution in [2.75, 3.05) is 35.5 Å². The molecule has 0 heterocycles. The molecule has 0 saturated carbocycles. The average Bonchev–Trinajstić information content (AvgIpc) is 2.69. The summed E-state index contributed by atoms with van der Waals surface area (Å²) in [5.41, 5.74) is 2.84. The zero-order valence-corrected chi connectivity index (χ0v) is 19.1. The Labute approximate surface area is 173 Å². The highest BCUT2D eigenvalue weighted by atomic mass is 32.2. The van der Waals surface area contributed by atoms with Crippen LogP contribution in [0, 0.1) is 20.8 Å². The van der Waals surface area contributed by atoms with E-state index in [0.29, 0.717) is 44.6 Å². The van der Waals surface area contributed by atoms with Gasteiger partial charge in [0, 0.05) is 13.6 Å². The molecule has 0 aliphatic heterocycles. The van der Waals surface area contributed by atoms with Crippen molar-refractivity contribution in [3.63, 3.8) is 0 Å². The molecule has 0 amide bonds. The molecule has 0 spiro atoms. The van der Waals surface area contributed by atoms with E-state index in [4.69, 9.17) is 18.9 Å². The lowest BCUT2D eigenvalue weighted by molar-refractivity contribution is 0.323. The van der Waals surface area contributed by atoms with E-state index in [1.54, 1.807) is 46.2 Å². The summed E-state index contributed by atoms with van der Waals surface area (Å²) in [4.78, 5) is 0.297. The molecule has 0 fully saturated rings. The van der Waals surface area contributed by atoms with Crippen molar-refractivity contribution in [3.8, 4) is 23.0 Å². The first-order valence-electron chi connectivity index (χ1n) is 9.02. The van der Waals surface area contributed by atoms with Crippen molar-refractivity contribution in [1.82, 2.24) is 4.31 Å². The summed E-state index contributed by atoms with van der Waals surface area (Å²) in [5.74, 6) is 2.08. The minimum Gasteiger partial charge on any atom is -0.496 e. The van der Waals surface area contributed by atoms with Crippen LogP contribution in [0.3, 0.4) is 0 Å². The molecule has 2 rings (SSSR count). The monoisotopic (exact) mass is 423 g/mol. The lowest BCUT2D eigenvalue weighted by Gasteiger charge is -2.23. The predicted molar refractivity (Wildman–Crippen MR) is 112 cm³/mol. The van der Waals surface area contributed by atoms with Gasteiger partial charge in [0.15, 0.2) is 11.5 Å². The van der Waals surface area contributed by atoms with Crippen LogP contribution in [0.4, 0.5) is 0 Å². The van der Waals surface area contributed by atoms with Crippen LogP contribution in [0.5, 0.6) is 23.0 Å². The van der Waals surface area contributed by atoms with Crippen LogP contribution in [0.1, 0.15) is 22.3 Å². The molecule has 29 heavy (non-hydrogen) atoms. The third-order valence-corrected chi connectivity index (χ3v) is 7.09. The average molecular weight is 424 g/mol. The normalized spacial score (nSPS) is 11.5. The summed E-state index contributed by atoms with van der Waals surface area (Å²) in [6, 6.07) is 5.24. The molecule has 0 aliphatic carbocycles. The van der Waals surface area contributed by atoms with Crippen molar-refractivity contribution in [1.29, 1.82) is 0 Å². The van der Waals surface area contributed by atoms with Crippen LogP contribution in [0.25, 0.3) is 0 Å². The maximum atomic E-state index is 13.4. The van der Waals surface area contributed by atoms with Crippen molar-refractivity contribution in [2.45, 2.75) is 32.2 Å². The number of rotatable bonds is 8. The third-order valence-electron chi connectivity index (χ3n) is 5.00. The Morgan fingerprint density at radius 2 is 1.31 bits per heavy atom. The van der Waals surface area contributed by atoms with Gasteiger partial charge in [0.05, 0.1) is 33.3 Å². The summed E-state index contributed by atoms with van der Waals surface area (Å²) in [6.07, 6.45) is 0. The van der Waals surface area contributed by atoms with Crippen molar-refractivity contribution in [3.05, 3.63) is 40.5 Å². The second-order valence-electron chi connectivity index (χ2n) is 6.77. The third kappa shape index (κ3) is 4.28. The van der Waals surface area contributed by atoms with Gasteiger partial charge in [-0.3, -0.25) is 0 Å². The topological polar surface area (TPSA) is 74.3 Å². The zero-order valence-electron chi connectivity index (χ0n) is 18.2. The molecular formula is C21H29NO6S. The van der Waals surface area contributed by atoms with E-state index in [-0.39, 0.29) is 6.54 Å². The Hall–Kier alpha value is -2.45. The molecule has 2 aromatic carbocycles. The summed E-state index contributed by atoms with van der Waals surface area (Å²) >= 11 is 0. The van der Waals surface area contributed by atoms with E-state index in [2.05, 4.69) is 0 Å². The van der Waals surface area contributed by atoms with Crippen molar-refractivity contribution < 1.29 is 27.4 Å². The van der Waals surface area contributed by atoms with Crippen LogP contribution in [-0.4, -0.2) is 48.2 Å². The molecule has 0 N–H and O–H groups in total. The lowest BCUT2D eigenvalue weighted by Crippen LogP contribution is -2.28. The fraction of sp³-hybridized carbons (Fsp3) is 0.429. The molecule has 0 unspecified atom stereocenters. The minimum atomic E-state index is -3.74. The number of ether oxygens (including phenoxy) is 4. The quantitative estimate of drug-likeness (QED) is 0.647. The Bertz CT molecular complexity index is 976. The second kappa shape index (κ2) is 8.92. The van der Waals surface area contributed by atoms with Gasteiger partial charge in [-0.1, -0.05) is 0 Å². The first-order valence-corrected chi connectivity index (χ1v) is 10.5. The first-order chi connectivity index (χ1) is 13.6. The van der Waals surface area contributed by atoms with Gasteiger partial charge >= 0.3 is 0 Å². The Morgan fingerprint density at radius 3 is 1.76 bits per heavy atom. The van der Waals surface area contributed by atoms with Crippen molar-refractivity contribution in [2.24, 2.45) is 0 Å². The Balaban J connectivity index is 2.48. The van der Waals surface area contributed by atoms with Gasteiger partial charge in [0.1, 0.15) is 5.75 Å². The van der Waals surface area contributed by atoms with E-state index in [1.807, 2.05) is 6.92 Å². The second-order valence-corrected chi connectivity index (χ2v) is 8.75. The fourth-order valence-electron chi connectivity index (χ4n) is 3.35. The first kappa shape index (κ1) is 22.8. The SMILES string of the molecule is COc1cc(C)c(S(=O)(=O)N(C)Cc2cc(OC)c(OC)c(OC)c2)c(C)c1C. The Morgan fingerprint density at radius 1 is 0.793 bits per heavy atom. The van der Waals surface area contributed by atoms with Gasteiger partial charge < -0.3 is 18.9 Å². The van der Waals surface area contributed by atoms with E-state index in [9.17, 15) is 8.42 Å². The number of aryl methyl sites for hydroxylation is 1. The number of hydrogen-bond donors (Lipinski definition) is 0. The fourth-order valence-corrected chi connectivity index (χ4v) is 4.99. The van der Waals surface area contributed by atoms with Crippen LogP contribution >= 0.6 is 0 Å². The summed E-state index contributed by atoms with van der Waals surface area (Å²) < 4.78 is 49.4. The van der Waals surface area contributed by atoms with Gasteiger partial charge in [-0.05, 0) is 61.2 Å². The predicted octanol–water partition coefficient (Wildman–Crippen LogP) is 3.47. The van der Waals surface area contributed by atoms with E-state index >= 15 is 0 Å². The van der Waals surface area contributed by atoms with Gasteiger partial charge in [-0.25, -0.2) is 8.42 Å². The van der Waals surface area contributed by atoms with Crippen LogP contribution < -0.4 is 18.9 Å². The van der Waals surface area contributed by atoms with E-state index in [1.165, 1.54) is 25.6 Å². The smallest absolute Gasteiger partial charge is 0.243 e. The highest BCUT2D eigenvalue weighted by molar-refractivity contribution is 7.89. The molecule has 0 bridgehead atoms. The molecule has 0 atom stereocenters. The lowest BCUT2D eigenvalue weighted by atomic mass is 10.1.